The average molecular weight is 162 g/mol. The van der Waals surface area contributed by atoms with E-state index in [1.165, 1.54) is 32.1 Å². The number of hydrogen-bond donors (Lipinski definition) is 0. The molecule has 2 saturated carbocycles. The average Bonchev–Trinajstić information content (AvgIpc) is 2.02. The van der Waals surface area contributed by atoms with Crippen LogP contribution < -0.4 is 0 Å². The number of nitrogens with zero attached hydrogens (tertiary/aromatic N) is 2. The topological polar surface area (TPSA) is 27.0 Å². The molecule has 12 heavy (non-hydrogen) atoms. The maximum atomic E-state index is 8.97. The van der Waals surface area contributed by atoms with Crippen molar-refractivity contribution in [1.82, 2.24) is 4.90 Å². The van der Waals surface area contributed by atoms with E-state index in [1.807, 2.05) is 0 Å². The van der Waals surface area contributed by atoms with Gasteiger partial charge in [0.05, 0.1) is 0 Å². The molecule has 0 atom stereocenters. The highest BCUT2D eigenvalue weighted by Crippen LogP contribution is 2.48. The Hall–Kier alpha value is -0.710. The molecule has 4 rings (SSSR count). The maximum Gasteiger partial charge on any atom is 0.179 e. The number of hydrogen-bond acceptors (Lipinski definition) is 2. The normalized spacial score (nSPS) is 49.4. The number of rotatable bonds is 0. The quantitative estimate of drug-likeness (QED) is 0.507. The Morgan fingerprint density at radius 1 is 0.917 bits per heavy atom. The Kier molecular flexibility index (Phi) is 1.22. The first-order chi connectivity index (χ1) is 5.86. The van der Waals surface area contributed by atoms with Crippen LogP contribution in [0.3, 0.4) is 0 Å². The predicted octanol–water partition coefficient (Wildman–Crippen LogP) is 1.73. The monoisotopic (exact) mass is 162 g/mol. The lowest BCUT2D eigenvalue weighted by Gasteiger charge is -2.54. The van der Waals surface area contributed by atoms with Gasteiger partial charge in [0.15, 0.2) is 6.19 Å². The lowest BCUT2D eigenvalue weighted by Crippen LogP contribution is -2.55. The summed E-state index contributed by atoms with van der Waals surface area (Å²) in [4.78, 5) is 2.09. The van der Waals surface area contributed by atoms with Crippen LogP contribution in [0, 0.1) is 23.3 Å². The van der Waals surface area contributed by atoms with Crippen LogP contribution in [-0.4, -0.2) is 17.0 Å². The van der Waals surface area contributed by atoms with Gasteiger partial charge in [0.2, 0.25) is 0 Å². The lowest BCUT2D eigenvalue weighted by molar-refractivity contribution is -0.0243. The van der Waals surface area contributed by atoms with Crippen LogP contribution in [0.5, 0.6) is 0 Å². The second kappa shape index (κ2) is 2.16. The minimum Gasteiger partial charge on any atom is -0.305 e. The second-order valence-corrected chi connectivity index (χ2v) is 4.73. The van der Waals surface area contributed by atoms with Crippen molar-refractivity contribution in [2.75, 3.05) is 0 Å². The van der Waals surface area contributed by atoms with Crippen LogP contribution in [0.2, 0.25) is 0 Å². The Morgan fingerprint density at radius 2 is 1.42 bits per heavy atom. The van der Waals surface area contributed by atoms with E-state index in [2.05, 4.69) is 11.1 Å². The minimum absolute atomic E-state index is 0.631. The third kappa shape index (κ3) is 0.744. The van der Waals surface area contributed by atoms with Crippen molar-refractivity contribution in [1.29, 1.82) is 5.26 Å². The van der Waals surface area contributed by atoms with Crippen LogP contribution in [0.25, 0.3) is 0 Å². The van der Waals surface area contributed by atoms with E-state index in [-0.39, 0.29) is 0 Å². The molecule has 64 valence electrons. The Morgan fingerprint density at radius 3 is 1.83 bits per heavy atom. The van der Waals surface area contributed by atoms with E-state index < -0.39 is 0 Å². The van der Waals surface area contributed by atoms with Gasteiger partial charge in [0.25, 0.3) is 0 Å². The summed E-state index contributed by atoms with van der Waals surface area (Å²) in [5, 5.41) is 8.97. The summed E-state index contributed by atoms with van der Waals surface area (Å²) in [7, 11) is 0. The molecule has 0 unspecified atom stereocenters. The Balaban J connectivity index is 1.91. The van der Waals surface area contributed by atoms with E-state index in [4.69, 9.17) is 5.26 Å². The van der Waals surface area contributed by atoms with E-state index in [9.17, 15) is 0 Å². The molecule has 4 bridgehead atoms. The SMILES string of the molecule is N#CN1C2CC3CC(C2)CC1C3. The van der Waals surface area contributed by atoms with Crippen LogP contribution in [0.1, 0.15) is 32.1 Å². The molecular formula is C10H14N2. The third-order valence-corrected chi connectivity index (χ3v) is 3.99. The molecule has 2 aliphatic heterocycles. The van der Waals surface area contributed by atoms with Gasteiger partial charge >= 0.3 is 0 Å². The van der Waals surface area contributed by atoms with Crippen molar-refractivity contribution in [3.05, 3.63) is 0 Å². The largest absolute Gasteiger partial charge is 0.305 e. The predicted molar refractivity (Wildman–Crippen MR) is 45.1 cm³/mol. The Labute approximate surface area is 73.2 Å². The molecule has 0 aromatic rings. The molecule has 2 saturated heterocycles. The highest BCUT2D eigenvalue weighted by molar-refractivity contribution is 5.04. The van der Waals surface area contributed by atoms with Crippen LogP contribution in [-0.2, 0) is 0 Å². The fraction of sp³-hybridized carbons (Fsp3) is 0.900. The van der Waals surface area contributed by atoms with Crippen molar-refractivity contribution in [3.8, 4) is 6.19 Å². The highest BCUT2D eigenvalue weighted by Gasteiger charge is 2.46. The number of piperidine rings is 2. The molecule has 0 radical (unpaired) electrons. The molecule has 0 spiro atoms. The van der Waals surface area contributed by atoms with Crippen molar-refractivity contribution < 1.29 is 0 Å². The van der Waals surface area contributed by atoms with Crippen molar-refractivity contribution in [2.45, 2.75) is 44.2 Å². The van der Waals surface area contributed by atoms with Gasteiger partial charge in [-0.15, -0.1) is 0 Å². The summed E-state index contributed by atoms with van der Waals surface area (Å²) in [5.41, 5.74) is 0. The van der Waals surface area contributed by atoms with Gasteiger partial charge in [-0.05, 0) is 43.9 Å². The first-order valence-electron chi connectivity index (χ1n) is 5.05. The molecule has 0 aromatic carbocycles. The van der Waals surface area contributed by atoms with Crippen molar-refractivity contribution in [2.24, 2.45) is 11.8 Å². The summed E-state index contributed by atoms with van der Waals surface area (Å²) in [6.07, 6.45) is 9.07. The van der Waals surface area contributed by atoms with E-state index in [1.54, 1.807) is 0 Å². The van der Waals surface area contributed by atoms with Crippen molar-refractivity contribution in [3.63, 3.8) is 0 Å². The summed E-state index contributed by atoms with van der Waals surface area (Å²) in [6, 6.07) is 1.26. The molecule has 0 amide bonds. The zero-order valence-electron chi connectivity index (χ0n) is 7.24. The molecule has 2 heteroatoms. The molecule has 4 fully saturated rings. The van der Waals surface area contributed by atoms with Gasteiger partial charge in [-0.1, -0.05) is 0 Å². The zero-order chi connectivity index (χ0) is 8.13. The smallest absolute Gasteiger partial charge is 0.179 e. The number of nitriles is 1. The molecule has 2 nitrogen and oxygen atoms in total. The van der Waals surface area contributed by atoms with E-state index in [0.717, 1.165) is 11.8 Å². The van der Waals surface area contributed by atoms with Gasteiger partial charge in [0.1, 0.15) is 0 Å². The standard InChI is InChI=1S/C10H14N2/c11-6-12-9-2-7-1-8(4-9)5-10(12)3-7/h7-10H,1-5H2. The van der Waals surface area contributed by atoms with Crippen LogP contribution in [0.15, 0.2) is 0 Å². The summed E-state index contributed by atoms with van der Waals surface area (Å²) in [6.45, 7) is 0. The molecule has 2 heterocycles. The van der Waals surface area contributed by atoms with Gasteiger partial charge in [-0.3, -0.25) is 0 Å². The van der Waals surface area contributed by atoms with Crippen molar-refractivity contribution >= 4 is 0 Å². The fourth-order valence-electron chi connectivity index (χ4n) is 3.70. The lowest BCUT2D eigenvalue weighted by atomic mass is 9.64. The van der Waals surface area contributed by atoms with Crippen LogP contribution >= 0.6 is 0 Å². The summed E-state index contributed by atoms with van der Waals surface area (Å²) >= 11 is 0. The van der Waals surface area contributed by atoms with Gasteiger partial charge in [-0.25, -0.2) is 0 Å². The third-order valence-electron chi connectivity index (χ3n) is 3.99. The fourth-order valence-corrected chi connectivity index (χ4v) is 3.70. The molecular weight excluding hydrogens is 148 g/mol. The van der Waals surface area contributed by atoms with Gasteiger partial charge in [-0.2, -0.15) is 5.26 Å². The summed E-state index contributed by atoms with van der Waals surface area (Å²) < 4.78 is 0. The van der Waals surface area contributed by atoms with Gasteiger partial charge < -0.3 is 4.90 Å². The maximum absolute atomic E-state index is 8.97. The summed E-state index contributed by atoms with van der Waals surface area (Å²) in [5.74, 6) is 1.94. The molecule has 4 aliphatic rings. The van der Waals surface area contributed by atoms with E-state index in [0.29, 0.717) is 12.1 Å². The molecule has 0 aromatic heterocycles. The van der Waals surface area contributed by atoms with Crippen LogP contribution in [0.4, 0.5) is 0 Å². The van der Waals surface area contributed by atoms with E-state index >= 15 is 0 Å². The first kappa shape index (κ1) is 6.77. The first-order valence-corrected chi connectivity index (χ1v) is 5.05. The Bertz CT molecular complexity index is 213. The van der Waals surface area contributed by atoms with Gasteiger partial charge in [0, 0.05) is 12.1 Å². The molecule has 2 aliphatic carbocycles. The second-order valence-electron chi connectivity index (χ2n) is 4.73. The molecule has 0 N–H and O–H groups in total. The highest BCUT2D eigenvalue weighted by atomic mass is 15.2. The zero-order valence-corrected chi connectivity index (χ0v) is 7.24. The minimum atomic E-state index is 0.631.